The summed E-state index contributed by atoms with van der Waals surface area (Å²) in [6.07, 6.45) is 5.33. The van der Waals surface area contributed by atoms with Gasteiger partial charge < -0.3 is 5.11 Å². The van der Waals surface area contributed by atoms with Crippen LogP contribution in [-0.2, 0) is 19.2 Å². The average Bonchev–Trinajstić information content (AvgIpc) is 3.01. The monoisotopic (exact) mass is 402 g/mol. The van der Waals surface area contributed by atoms with E-state index in [9.17, 15) is 19.2 Å². The predicted octanol–water partition coefficient (Wildman–Crippen LogP) is 4.07. The van der Waals surface area contributed by atoms with Crippen molar-refractivity contribution >= 4 is 23.3 Å². The molecule has 1 N–H and O–H groups in total. The minimum atomic E-state index is -0.792. The molecule has 160 valence electrons. The van der Waals surface area contributed by atoms with Gasteiger partial charge in [0.05, 0.1) is 0 Å². The van der Waals surface area contributed by atoms with Crippen LogP contribution in [0.2, 0.25) is 0 Å². The topological polar surface area (TPSA) is 88.5 Å². The van der Waals surface area contributed by atoms with Gasteiger partial charge in [-0.05, 0) is 60.7 Å². The Morgan fingerprint density at radius 2 is 1.83 bits per heavy atom. The maximum Gasteiger partial charge on any atom is 0.303 e. The predicted molar refractivity (Wildman–Crippen MR) is 107 cm³/mol. The van der Waals surface area contributed by atoms with Gasteiger partial charge in [0, 0.05) is 43.4 Å². The summed E-state index contributed by atoms with van der Waals surface area (Å²) in [7, 11) is 0. The van der Waals surface area contributed by atoms with Crippen molar-refractivity contribution in [2.75, 3.05) is 0 Å². The summed E-state index contributed by atoms with van der Waals surface area (Å²) in [5.41, 5.74) is -0.598. The van der Waals surface area contributed by atoms with Gasteiger partial charge >= 0.3 is 5.97 Å². The first-order chi connectivity index (χ1) is 13.6. The zero-order valence-electron chi connectivity index (χ0n) is 17.9. The molecule has 6 unspecified atom stereocenters. The molecule has 4 aliphatic rings. The molecular formula is C24H34O5. The number of hydrogen-bond donors (Lipinski definition) is 1. The van der Waals surface area contributed by atoms with Crippen LogP contribution in [0.1, 0.15) is 78.6 Å². The number of carbonyl (C=O) groups excluding carboxylic acids is 3. The molecule has 5 heteroatoms. The fraction of sp³-hybridized carbons (Fsp3) is 0.833. The molecule has 4 fully saturated rings. The third-order valence-corrected chi connectivity index (χ3v) is 9.72. The Morgan fingerprint density at radius 1 is 1.10 bits per heavy atom. The van der Waals surface area contributed by atoms with Crippen LogP contribution in [-0.4, -0.2) is 28.4 Å². The number of Topliss-reactive ketones (excluding diaryl/α,β-unsaturated/α-hetero) is 3. The number of fused-ring (bicyclic) bond motifs is 5. The molecule has 0 radical (unpaired) electrons. The van der Waals surface area contributed by atoms with E-state index >= 15 is 0 Å². The van der Waals surface area contributed by atoms with Gasteiger partial charge in [-0.1, -0.05) is 20.8 Å². The fourth-order valence-corrected chi connectivity index (χ4v) is 7.94. The lowest BCUT2D eigenvalue weighted by atomic mass is 9.44. The van der Waals surface area contributed by atoms with Crippen molar-refractivity contribution in [3.8, 4) is 0 Å². The lowest BCUT2D eigenvalue weighted by molar-refractivity contribution is -0.166. The summed E-state index contributed by atoms with van der Waals surface area (Å²) >= 11 is 0. The first-order valence-electron chi connectivity index (χ1n) is 11.4. The van der Waals surface area contributed by atoms with E-state index in [1.165, 1.54) is 0 Å². The van der Waals surface area contributed by atoms with E-state index in [4.69, 9.17) is 5.11 Å². The van der Waals surface area contributed by atoms with E-state index in [1.807, 2.05) is 0 Å². The van der Waals surface area contributed by atoms with E-state index in [-0.39, 0.29) is 64.7 Å². The molecule has 0 amide bonds. The van der Waals surface area contributed by atoms with Gasteiger partial charge in [0.1, 0.15) is 17.3 Å². The molecule has 29 heavy (non-hydrogen) atoms. The number of hydrogen-bond acceptors (Lipinski definition) is 4. The van der Waals surface area contributed by atoms with Gasteiger partial charge in [0.2, 0.25) is 0 Å². The van der Waals surface area contributed by atoms with Gasteiger partial charge in [-0.3, -0.25) is 19.2 Å². The standard InChI is InChI=1S/C24H34O5/c1-13(4-7-21(28)29)16-5-6-17-22-18(12-20(27)24(16,17)3)23(2)9-8-15(25)10-14(23)11-19(22)26/h13-14,16-18,22H,4-12H2,1-3H3,(H,28,29)/t13?,14?,16?,17?,18?,22?,23-,24+/m0/s1. The minimum absolute atomic E-state index is 0.0659. The summed E-state index contributed by atoms with van der Waals surface area (Å²) in [4.78, 5) is 50.0. The molecule has 4 saturated carbocycles. The third kappa shape index (κ3) is 3.02. The van der Waals surface area contributed by atoms with E-state index in [0.717, 1.165) is 19.3 Å². The van der Waals surface area contributed by atoms with E-state index in [2.05, 4.69) is 20.8 Å². The van der Waals surface area contributed by atoms with Crippen molar-refractivity contribution < 1.29 is 24.3 Å². The summed E-state index contributed by atoms with van der Waals surface area (Å²) in [6, 6.07) is 0. The molecule has 0 saturated heterocycles. The van der Waals surface area contributed by atoms with Crippen molar-refractivity contribution in [3.63, 3.8) is 0 Å². The van der Waals surface area contributed by atoms with Crippen LogP contribution in [0.4, 0.5) is 0 Å². The highest BCUT2D eigenvalue weighted by Gasteiger charge is 2.66. The minimum Gasteiger partial charge on any atom is -0.481 e. The Labute approximate surface area is 173 Å². The number of carbonyl (C=O) groups is 4. The lowest BCUT2D eigenvalue weighted by Crippen LogP contribution is -2.60. The van der Waals surface area contributed by atoms with Gasteiger partial charge in [-0.15, -0.1) is 0 Å². The van der Waals surface area contributed by atoms with Crippen LogP contribution in [0.25, 0.3) is 0 Å². The maximum atomic E-state index is 13.6. The van der Waals surface area contributed by atoms with Gasteiger partial charge in [0.15, 0.2) is 0 Å². The van der Waals surface area contributed by atoms with Crippen LogP contribution in [0.15, 0.2) is 0 Å². The van der Waals surface area contributed by atoms with Crippen LogP contribution < -0.4 is 0 Å². The number of aliphatic carboxylic acids is 1. The molecule has 0 heterocycles. The zero-order valence-corrected chi connectivity index (χ0v) is 17.9. The number of carboxylic acid groups (broad SMARTS) is 1. The Balaban J connectivity index is 1.63. The Morgan fingerprint density at radius 3 is 2.52 bits per heavy atom. The zero-order chi connectivity index (χ0) is 21.1. The SMILES string of the molecule is CC(CCC(=O)O)C1CCC2C3C(=O)CC4CC(=O)CC[C@]4(C)C3CC(=O)[C@]12C. The summed E-state index contributed by atoms with van der Waals surface area (Å²) in [6.45, 7) is 6.37. The summed E-state index contributed by atoms with van der Waals surface area (Å²) in [5.74, 6) is 0.524. The summed E-state index contributed by atoms with van der Waals surface area (Å²) < 4.78 is 0. The number of ketones is 3. The molecule has 4 rings (SSSR count). The largest absolute Gasteiger partial charge is 0.481 e. The van der Waals surface area contributed by atoms with Crippen LogP contribution in [0.3, 0.4) is 0 Å². The second-order valence-corrected chi connectivity index (χ2v) is 10.9. The Kier molecular flexibility index (Phi) is 5.02. The molecule has 0 aromatic rings. The van der Waals surface area contributed by atoms with Crippen LogP contribution >= 0.6 is 0 Å². The first-order valence-corrected chi connectivity index (χ1v) is 11.4. The third-order valence-electron chi connectivity index (χ3n) is 9.72. The number of rotatable bonds is 4. The molecule has 0 aliphatic heterocycles. The molecular weight excluding hydrogens is 368 g/mol. The normalized spacial score (nSPS) is 45.3. The molecule has 0 aromatic heterocycles. The molecule has 0 aromatic carbocycles. The second-order valence-electron chi connectivity index (χ2n) is 10.9. The molecule has 5 nitrogen and oxygen atoms in total. The molecule has 0 bridgehead atoms. The Bertz CT molecular complexity index is 756. The van der Waals surface area contributed by atoms with Crippen molar-refractivity contribution in [1.29, 1.82) is 0 Å². The smallest absolute Gasteiger partial charge is 0.303 e. The summed E-state index contributed by atoms with van der Waals surface area (Å²) in [5, 5.41) is 9.06. The van der Waals surface area contributed by atoms with E-state index < -0.39 is 11.4 Å². The van der Waals surface area contributed by atoms with Crippen molar-refractivity contribution in [2.45, 2.75) is 78.6 Å². The fourth-order valence-electron chi connectivity index (χ4n) is 7.94. The number of carboxylic acids is 1. The van der Waals surface area contributed by atoms with Gasteiger partial charge in [-0.2, -0.15) is 0 Å². The van der Waals surface area contributed by atoms with Crippen molar-refractivity contribution in [3.05, 3.63) is 0 Å². The van der Waals surface area contributed by atoms with Gasteiger partial charge in [0.25, 0.3) is 0 Å². The highest BCUT2D eigenvalue weighted by molar-refractivity contribution is 5.93. The highest BCUT2D eigenvalue weighted by Crippen LogP contribution is 2.66. The van der Waals surface area contributed by atoms with E-state index in [0.29, 0.717) is 32.1 Å². The molecule has 0 spiro atoms. The molecule has 4 aliphatic carbocycles. The first kappa shape index (κ1) is 20.7. The lowest BCUT2D eigenvalue weighted by Gasteiger charge is -2.58. The highest BCUT2D eigenvalue weighted by atomic mass is 16.4. The van der Waals surface area contributed by atoms with Crippen molar-refractivity contribution in [2.24, 2.45) is 46.3 Å². The van der Waals surface area contributed by atoms with Crippen LogP contribution in [0.5, 0.6) is 0 Å². The maximum absolute atomic E-state index is 13.6. The average molecular weight is 403 g/mol. The van der Waals surface area contributed by atoms with Crippen molar-refractivity contribution in [1.82, 2.24) is 0 Å². The Hall–Kier alpha value is -1.52. The van der Waals surface area contributed by atoms with Gasteiger partial charge in [-0.25, -0.2) is 0 Å². The second kappa shape index (κ2) is 7.02. The van der Waals surface area contributed by atoms with E-state index in [1.54, 1.807) is 0 Å². The quantitative estimate of drug-likeness (QED) is 0.766. The molecule has 8 atom stereocenters. The van der Waals surface area contributed by atoms with Crippen LogP contribution in [0, 0.1) is 46.3 Å².